The van der Waals surface area contributed by atoms with Gasteiger partial charge in [-0.15, -0.1) is 0 Å². The van der Waals surface area contributed by atoms with Crippen LogP contribution in [0.15, 0.2) is 65.9 Å². The number of aryl methyl sites for hydroxylation is 1. The van der Waals surface area contributed by atoms with Crippen molar-refractivity contribution in [3.63, 3.8) is 0 Å². The van der Waals surface area contributed by atoms with Crippen LogP contribution in [0, 0.1) is 6.92 Å². The number of rotatable bonds is 6. The van der Waals surface area contributed by atoms with E-state index < -0.39 is 0 Å². The number of carbonyl (C=O) groups is 1. The lowest BCUT2D eigenvalue weighted by Crippen LogP contribution is -2.25. The van der Waals surface area contributed by atoms with Crippen molar-refractivity contribution in [2.24, 2.45) is 5.10 Å². The molecule has 0 atom stereocenters. The van der Waals surface area contributed by atoms with E-state index >= 15 is 0 Å². The molecule has 0 aliphatic heterocycles. The molecular formula is C19H19N5O. The lowest BCUT2D eigenvalue weighted by atomic mass is 10.1. The van der Waals surface area contributed by atoms with Gasteiger partial charge < -0.3 is 5.32 Å². The topological polar surface area (TPSA) is 82.2 Å². The Bertz CT molecular complexity index is 853. The Morgan fingerprint density at radius 2 is 1.92 bits per heavy atom. The molecular weight excluding hydrogens is 314 g/mol. The van der Waals surface area contributed by atoms with Crippen LogP contribution in [0.5, 0.6) is 0 Å². The molecule has 6 heteroatoms. The molecule has 3 N–H and O–H groups in total. The van der Waals surface area contributed by atoms with E-state index in [1.165, 1.54) is 5.56 Å². The highest BCUT2D eigenvalue weighted by Crippen LogP contribution is 2.18. The van der Waals surface area contributed by atoms with Crippen LogP contribution in [0.4, 0.5) is 5.69 Å². The van der Waals surface area contributed by atoms with E-state index in [0.29, 0.717) is 0 Å². The van der Waals surface area contributed by atoms with Gasteiger partial charge in [-0.1, -0.05) is 48.0 Å². The summed E-state index contributed by atoms with van der Waals surface area (Å²) in [5, 5.41) is 14.0. The average Bonchev–Trinajstić information content (AvgIpc) is 3.10. The van der Waals surface area contributed by atoms with Crippen molar-refractivity contribution < 1.29 is 4.79 Å². The van der Waals surface area contributed by atoms with E-state index in [9.17, 15) is 4.79 Å². The molecule has 3 rings (SSSR count). The predicted molar refractivity (Wildman–Crippen MR) is 99.4 cm³/mol. The van der Waals surface area contributed by atoms with Gasteiger partial charge in [0.2, 0.25) is 0 Å². The second-order valence-corrected chi connectivity index (χ2v) is 5.58. The van der Waals surface area contributed by atoms with Crippen LogP contribution in [0.2, 0.25) is 0 Å². The predicted octanol–water partition coefficient (Wildman–Crippen LogP) is 2.95. The molecule has 0 aliphatic carbocycles. The van der Waals surface area contributed by atoms with Gasteiger partial charge in [-0.25, -0.2) is 5.43 Å². The minimum Gasteiger partial charge on any atom is -0.376 e. The van der Waals surface area contributed by atoms with Gasteiger partial charge in [0.15, 0.2) is 0 Å². The number of nitrogens with zero attached hydrogens (tertiary/aromatic N) is 2. The third-order valence-electron chi connectivity index (χ3n) is 3.63. The van der Waals surface area contributed by atoms with Crippen molar-refractivity contribution in [2.75, 3.05) is 11.9 Å². The summed E-state index contributed by atoms with van der Waals surface area (Å²) in [5.41, 5.74) is 7.25. The van der Waals surface area contributed by atoms with Crippen LogP contribution in [0.1, 0.15) is 11.1 Å². The third-order valence-corrected chi connectivity index (χ3v) is 3.63. The number of benzene rings is 2. The monoisotopic (exact) mass is 333 g/mol. The van der Waals surface area contributed by atoms with Gasteiger partial charge in [-0.3, -0.25) is 9.89 Å². The van der Waals surface area contributed by atoms with Crippen LogP contribution >= 0.6 is 0 Å². The Labute approximate surface area is 146 Å². The maximum atomic E-state index is 11.9. The maximum Gasteiger partial charge on any atom is 0.259 e. The fourth-order valence-corrected chi connectivity index (χ4v) is 2.30. The van der Waals surface area contributed by atoms with E-state index in [1.807, 2.05) is 61.5 Å². The summed E-state index contributed by atoms with van der Waals surface area (Å²) >= 11 is 0. The molecule has 0 unspecified atom stereocenters. The number of anilines is 1. The van der Waals surface area contributed by atoms with Crippen molar-refractivity contribution in [1.29, 1.82) is 0 Å². The summed E-state index contributed by atoms with van der Waals surface area (Å²) in [4.78, 5) is 11.9. The van der Waals surface area contributed by atoms with Crippen molar-refractivity contribution in [2.45, 2.75) is 6.92 Å². The van der Waals surface area contributed by atoms with Crippen LogP contribution in [-0.2, 0) is 4.79 Å². The van der Waals surface area contributed by atoms with Gasteiger partial charge in [0.1, 0.15) is 0 Å². The van der Waals surface area contributed by atoms with E-state index in [0.717, 1.165) is 22.5 Å². The molecule has 0 spiro atoms. The normalized spacial score (nSPS) is 10.8. The zero-order valence-corrected chi connectivity index (χ0v) is 13.9. The molecule has 1 heterocycles. The smallest absolute Gasteiger partial charge is 0.259 e. The van der Waals surface area contributed by atoms with Crippen LogP contribution < -0.4 is 10.7 Å². The molecule has 1 amide bonds. The molecule has 126 valence electrons. The summed E-state index contributed by atoms with van der Waals surface area (Å²) in [6.07, 6.45) is 3.25. The Balaban J connectivity index is 1.54. The SMILES string of the molecule is Cc1ccc(NCC(=O)N/N=C/c2cn[nH]c2-c2ccccc2)cc1. The number of aromatic nitrogens is 2. The first-order chi connectivity index (χ1) is 12.2. The summed E-state index contributed by atoms with van der Waals surface area (Å²) in [7, 11) is 0. The molecule has 0 fully saturated rings. The minimum absolute atomic E-state index is 0.150. The molecule has 25 heavy (non-hydrogen) atoms. The number of aromatic amines is 1. The first-order valence-electron chi connectivity index (χ1n) is 7.93. The summed E-state index contributed by atoms with van der Waals surface area (Å²) in [6.45, 7) is 2.17. The standard InChI is InChI=1S/C19H19N5O/c1-14-7-9-17(10-8-14)20-13-18(25)23-21-11-16-12-22-24-19(16)15-5-3-2-4-6-15/h2-12,20H,13H2,1H3,(H,22,24)(H,23,25)/b21-11+. The Morgan fingerprint density at radius 3 is 2.68 bits per heavy atom. The van der Waals surface area contributed by atoms with Crippen molar-refractivity contribution in [1.82, 2.24) is 15.6 Å². The number of hydrogen-bond donors (Lipinski definition) is 3. The molecule has 0 saturated carbocycles. The summed E-state index contributed by atoms with van der Waals surface area (Å²) in [5.74, 6) is -0.221. The number of hydrogen-bond acceptors (Lipinski definition) is 4. The summed E-state index contributed by atoms with van der Waals surface area (Å²) < 4.78 is 0. The maximum absolute atomic E-state index is 11.9. The molecule has 0 radical (unpaired) electrons. The molecule has 6 nitrogen and oxygen atoms in total. The number of hydrazone groups is 1. The van der Waals surface area contributed by atoms with E-state index in [1.54, 1.807) is 12.4 Å². The van der Waals surface area contributed by atoms with Gasteiger partial charge >= 0.3 is 0 Å². The molecule has 0 bridgehead atoms. The number of nitrogens with one attached hydrogen (secondary N) is 3. The molecule has 1 aromatic heterocycles. The highest BCUT2D eigenvalue weighted by atomic mass is 16.2. The van der Waals surface area contributed by atoms with Crippen LogP contribution in [0.25, 0.3) is 11.3 Å². The molecule has 0 saturated heterocycles. The second-order valence-electron chi connectivity index (χ2n) is 5.58. The fraction of sp³-hybridized carbons (Fsp3) is 0.105. The highest BCUT2D eigenvalue weighted by molar-refractivity contribution is 5.89. The zero-order chi connectivity index (χ0) is 17.5. The minimum atomic E-state index is -0.221. The lowest BCUT2D eigenvalue weighted by Gasteiger charge is -2.05. The first kappa shape index (κ1) is 16.4. The van der Waals surface area contributed by atoms with Crippen LogP contribution in [0.3, 0.4) is 0 Å². The van der Waals surface area contributed by atoms with E-state index in [4.69, 9.17) is 0 Å². The van der Waals surface area contributed by atoms with Gasteiger partial charge in [0.25, 0.3) is 5.91 Å². The Morgan fingerprint density at radius 1 is 1.16 bits per heavy atom. The molecule has 0 aliphatic rings. The second kappa shape index (κ2) is 7.92. The largest absolute Gasteiger partial charge is 0.376 e. The average molecular weight is 333 g/mol. The fourth-order valence-electron chi connectivity index (χ4n) is 2.30. The zero-order valence-electron chi connectivity index (χ0n) is 13.9. The van der Waals surface area contributed by atoms with Crippen molar-refractivity contribution in [3.05, 3.63) is 71.9 Å². The number of amides is 1. The number of carbonyl (C=O) groups excluding carboxylic acids is 1. The summed E-state index contributed by atoms with van der Waals surface area (Å²) in [6, 6.07) is 17.7. The Hall–Kier alpha value is -3.41. The highest BCUT2D eigenvalue weighted by Gasteiger charge is 2.05. The molecule has 3 aromatic rings. The van der Waals surface area contributed by atoms with Gasteiger partial charge in [0, 0.05) is 16.8 Å². The third kappa shape index (κ3) is 4.54. The number of H-pyrrole nitrogens is 1. The van der Waals surface area contributed by atoms with E-state index in [-0.39, 0.29) is 12.5 Å². The van der Waals surface area contributed by atoms with Crippen molar-refractivity contribution in [3.8, 4) is 11.3 Å². The van der Waals surface area contributed by atoms with Crippen LogP contribution in [-0.4, -0.2) is 28.9 Å². The Kier molecular flexibility index (Phi) is 5.21. The van der Waals surface area contributed by atoms with Gasteiger partial charge in [-0.2, -0.15) is 10.2 Å². The van der Waals surface area contributed by atoms with Gasteiger partial charge in [0.05, 0.1) is 24.7 Å². The molecule has 2 aromatic carbocycles. The van der Waals surface area contributed by atoms with Crippen molar-refractivity contribution >= 4 is 17.8 Å². The van der Waals surface area contributed by atoms with E-state index in [2.05, 4.69) is 26.0 Å². The quantitative estimate of drug-likeness (QED) is 0.479. The van der Waals surface area contributed by atoms with Gasteiger partial charge in [-0.05, 0) is 19.1 Å². The first-order valence-corrected chi connectivity index (χ1v) is 7.93. The lowest BCUT2D eigenvalue weighted by molar-refractivity contribution is -0.119.